The van der Waals surface area contributed by atoms with E-state index in [4.69, 9.17) is 31.2 Å². The number of rotatable bonds is 10. The first kappa shape index (κ1) is 49.8. The molecule has 3 aromatic carbocycles. The smallest absolute Gasteiger partial charge is 0.487 e. The highest BCUT2D eigenvalue weighted by Gasteiger charge is 2.45. The third-order valence-corrected chi connectivity index (χ3v) is 14.8. The standard InChI is InChI=1S/C49H53ClN8O5.C2HF3O2/c1-48(2,35-25-33(29-51)26-36(50)27-35)34-3-6-39(7-4-34)63-31-37-11-18-52-47(53-37)57-19-12-32(13-20-57)30-55-21-14-49(15-22-55)16-23-56(24-17-49)38-5-8-40-41(28-38)46(62)58(45(40)61)42-9-10-43(59)54-44(42)60;3-2(4,5)1(6)7/h3-8,11,18,25-28,32,42H,9-10,12-17,19-24,30-31H2,1-2H3,(H,54,59,60);(H,6,7). The van der Waals surface area contributed by atoms with Crippen molar-refractivity contribution in [2.75, 3.05) is 55.6 Å². The number of alkyl halides is 3. The Labute approximate surface area is 408 Å². The van der Waals surface area contributed by atoms with Crippen molar-refractivity contribution in [1.82, 2.24) is 25.1 Å². The maximum Gasteiger partial charge on any atom is 0.490 e. The highest BCUT2D eigenvalue weighted by molar-refractivity contribution is 6.30. The first-order valence-electron chi connectivity index (χ1n) is 23.5. The molecule has 0 radical (unpaired) electrons. The molecular formula is C51H54ClF3N8O7. The van der Waals surface area contributed by atoms with Gasteiger partial charge in [-0.25, -0.2) is 14.8 Å². The molecule has 2 N–H and O–H groups in total. The summed E-state index contributed by atoms with van der Waals surface area (Å²) in [7, 11) is 0. The summed E-state index contributed by atoms with van der Waals surface area (Å²) in [6, 6.07) is 22.1. The quantitative estimate of drug-likeness (QED) is 0.149. The van der Waals surface area contributed by atoms with Crippen LogP contribution in [-0.4, -0.2) is 113 Å². The predicted octanol–water partition coefficient (Wildman–Crippen LogP) is 7.54. The van der Waals surface area contributed by atoms with Crippen molar-refractivity contribution < 1.29 is 47.0 Å². The van der Waals surface area contributed by atoms with Gasteiger partial charge in [-0.2, -0.15) is 18.4 Å². The SMILES string of the molecule is CC(C)(c1ccc(OCc2ccnc(N3CCC(CN4CCC5(CC4)CCN(c4ccc6c(c4)C(=O)N(C4CCC(=O)NC4=O)C6=O)CC5)CC3)n2)cc1)c1cc(Cl)cc(C#N)c1.O=C(O)C(F)(F)F. The topological polar surface area (TPSA) is 189 Å². The number of carboxylic acid groups (broad SMARTS) is 1. The van der Waals surface area contributed by atoms with E-state index in [0.29, 0.717) is 39.7 Å². The lowest BCUT2D eigenvalue weighted by Gasteiger charge is -2.48. The molecule has 15 nitrogen and oxygen atoms in total. The summed E-state index contributed by atoms with van der Waals surface area (Å²) in [5.74, 6) is -2.51. The second-order valence-electron chi connectivity index (χ2n) is 19.3. The lowest BCUT2D eigenvalue weighted by atomic mass is 9.71. The van der Waals surface area contributed by atoms with E-state index < -0.39 is 35.9 Å². The number of nitriles is 1. The first-order chi connectivity index (χ1) is 33.3. The molecule has 6 heterocycles. The maximum absolute atomic E-state index is 13.4. The van der Waals surface area contributed by atoms with Gasteiger partial charge in [-0.15, -0.1) is 0 Å². The molecule has 1 aromatic heterocycles. The number of benzene rings is 3. The fourth-order valence-electron chi connectivity index (χ4n) is 10.2. The maximum atomic E-state index is 13.4. The molecule has 0 aliphatic carbocycles. The van der Waals surface area contributed by atoms with Crippen LogP contribution in [0.1, 0.15) is 108 Å². The number of anilines is 2. The zero-order chi connectivity index (χ0) is 50.0. The fourth-order valence-corrected chi connectivity index (χ4v) is 10.4. The average Bonchev–Trinajstić information content (AvgIpc) is 3.59. The number of hydrogen-bond donors (Lipinski definition) is 2. The number of carbonyl (C=O) groups excluding carboxylic acids is 4. The van der Waals surface area contributed by atoms with Gasteiger partial charge in [-0.05, 0) is 135 Å². The van der Waals surface area contributed by atoms with Crippen molar-refractivity contribution in [3.63, 3.8) is 0 Å². The van der Waals surface area contributed by atoms with Crippen molar-refractivity contribution in [1.29, 1.82) is 5.26 Å². The number of fused-ring (bicyclic) bond motifs is 1. The van der Waals surface area contributed by atoms with E-state index in [1.165, 1.54) is 12.8 Å². The van der Waals surface area contributed by atoms with Crippen LogP contribution >= 0.6 is 11.6 Å². The number of hydrogen-bond acceptors (Lipinski definition) is 12. The molecule has 0 bridgehead atoms. The molecule has 4 aromatic rings. The van der Waals surface area contributed by atoms with Crippen LogP contribution in [0.4, 0.5) is 24.8 Å². The number of piperidine rings is 4. The Hall–Kier alpha value is -6.58. The summed E-state index contributed by atoms with van der Waals surface area (Å²) in [4.78, 5) is 77.5. The highest BCUT2D eigenvalue weighted by atomic mass is 35.5. The molecule has 4 fully saturated rings. The van der Waals surface area contributed by atoms with Gasteiger partial charge in [0.2, 0.25) is 17.8 Å². The van der Waals surface area contributed by atoms with Gasteiger partial charge in [0.25, 0.3) is 11.8 Å². The minimum atomic E-state index is -5.08. The largest absolute Gasteiger partial charge is 0.490 e. The van der Waals surface area contributed by atoms with Gasteiger partial charge in [0, 0.05) is 61.5 Å². The van der Waals surface area contributed by atoms with Gasteiger partial charge in [-0.3, -0.25) is 29.4 Å². The number of carboxylic acids is 1. The zero-order valence-corrected chi connectivity index (χ0v) is 39.7. The van der Waals surface area contributed by atoms with E-state index in [1.807, 2.05) is 48.7 Å². The van der Waals surface area contributed by atoms with E-state index in [0.717, 1.165) is 111 Å². The van der Waals surface area contributed by atoms with E-state index in [9.17, 15) is 37.6 Å². The van der Waals surface area contributed by atoms with Crippen LogP contribution in [0, 0.1) is 22.7 Å². The Balaban J connectivity index is 0.000000876. The van der Waals surface area contributed by atoms with Crippen LogP contribution in [0.25, 0.3) is 0 Å². The molecule has 1 spiro atoms. The zero-order valence-electron chi connectivity index (χ0n) is 38.9. The Bertz CT molecular complexity index is 2690. The van der Waals surface area contributed by atoms with Gasteiger partial charge in [0.1, 0.15) is 18.4 Å². The second kappa shape index (κ2) is 20.4. The number of halogens is 4. The normalized spacial score (nSPS) is 19.8. The summed E-state index contributed by atoms with van der Waals surface area (Å²) < 4.78 is 37.9. The van der Waals surface area contributed by atoms with Crippen molar-refractivity contribution in [2.45, 2.75) is 89.5 Å². The molecule has 1 unspecified atom stereocenters. The van der Waals surface area contributed by atoms with Crippen LogP contribution in [0.2, 0.25) is 5.02 Å². The summed E-state index contributed by atoms with van der Waals surface area (Å²) in [5, 5.41) is 19.4. The Morgan fingerprint density at radius 1 is 0.857 bits per heavy atom. The second-order valence-corrected chi connectivity index (χ2v) is 19.8. The van der Waals surface area contributed by atoms with E-state index in [1.54, 1.807) is 12.1 Å². The number of ether oxygens (including phenoxy) is 1. The van der Waals surface area contributed by atoms with Crippen molar-refractivity contribution in [3.05, 3.63) is 111 Å². The average molecular weight is 983 g/mol. The highest BCUT2D eigenvalue weighted by Crippen LogP contribution is 2.43. The van der Waals surface area contributed by atoms with Gasteiger partial charge < -0.3 is 24.5 Å². The summed E-state index contributed by atoms with van der Waals surface area (Å²) in [5.41, 5.74) is 5.01. The molecule has 1 atom stereocenters. The summed E-state index contributed by atoms with van der Waals surface area (Å²) in [6.07, 6.45) is 3.77. The van der Waals surface area contributed by atoms with E-state index >= 15 is 0 Å². The number of imide groups is 2. The number of aromatic nitrogens is 2. The van der Waals surface area contributed by atoms with Crippen LogP contribution in [0.15, 0.2) is 72.9 Å². The lowest BCUT2D eigenvalue weighted by molar-refractivity contribution is -0.192. The number of amides is 4. The molecule has 5 aliphatic heterocycles. The molecule has 9 rings (SSSR count). The third-order valence-electron chi connectivity index (χ3n) is 14.6. The van der Waals surface area contributed by atoms with Gasteiger partial charge in [0.15, 0.2) is 0 Å². The fraction of sp³-hybridized carbons (Fsp3) is 0.451. The van der Waals surface area contributed by atoms with Gasteiger partial charge in [-0.1, -0.05) is 37.6 Å². The molecule has 4 amide bonds. The van der Waals surface area contributed by atoms with Crippen LogP contribution < -0.4 is 19.9 Å². The predicted molar refractivity (Wildman–Crippen MR) is 252 cm³/mol. The first-order valence-corrected chi connectivity index (χ1v) is 23.8. The number of carbonyl (C=O) groups is 5. The molecule has 19 heteroatoms. The van der Waals surface area contributed by atoms with Crippen molar-refractivity contribution in [3.8, 4) is 11.8 Å². The van der Waals surface area contributed by atoms with Crippen LogP contribution in [0.5, 0.6) is 5.75 Å². The molecule has 5 aliphatic rings. The van der Waals surface area contributed by atoms with Crippen molar-refractivity contribution in [2.24, 2.45) is 11.3 Å². The van der Waals surface area contributed by atoms with E-state index in [-0.39, 0.29) is 24.2 Å². The van der Waals surface area contributed by atoms with E-state index in [2.05, 4.69) is 57.0 Å². The number of nitrogens with zero attached hydrogens (tertiary/aromatic N) is 7. The van der Waals surface area contributed by atoms with Crippen molar-refractivity contribution >= 4 is 52.8 Å². The van der Waals surface area contributed by atoms with Crippen LogP contribution in [0.3, 0.4) is 0 Å². The molecule has 0 saturated carbocycles. The minimum absolute atomic E-state index is 0.102. The van der Waals surface area contributed by atoms with Crippen LogP contribution in [-0.2, 0) is 26.4 Å². The van der Waals surface area contributed by atoms with Gasteiger partial charge in [0.05, 0.1) is 28.5 Å². The van der Waals surface area contributed by atoms with Gasteiger partial charge >= 0.3 is 12.1 Å². The number of nitrogens with one attached hydrogen (secondary N) is 1. The Kier molecular flexibility index (Phi) is 14.5. The monoisotopic (exact) mass is 982 g/mol. The number of likely N-dealkylation sites (tertiary alicyclic amines) is 1. The molecule has 70 heavy (non-hydrogen) atoms. The summed E-state index contributed by atoms with van der Waals surface area (Å²) in [6.45, 7) is 11.6. The Morgan fingerprint density at radius 2 is 1.51 bits per heavy atom. The summed E-state index contributed by atoms with van der Waals surface area (Å²) >= 11 is 6.31. The number of aliphatic carboxylic acids is 1. The Morgan fingerprint density at radius 3 is 2.16 bits per heavy atom. The molecule has 4 saturated heterocycles. The third kappa shape index (κ3) is 11.1. The molecular weight excluding hydrogens is 929 g/mol. The lowest BCUT2D eigenvalue weighted by Crippen LogP contribution is -2.54. The minimum Gasteiger partial charge on any atom is -0.487 e. The molecule has 368 valence electrons.